The van der Waals surface area contributed by atoms with Crippen LogP contribution in [0.5, 0.6) is 0 Å². The fourth-order valence-electron chi connectivity index (χ4n) is 1.97. The van der Waals surface area contributed by atoms with E-state index in [2.05, 4.69) is 34.7 Å². The Bertz CT molecular complexity index is 419. The minimum Gasteiger partial charge on any atom is -0.481 e. The highest BCUT2D eigenvalue weighted by molar-refractivity contribution is 5.75. The molecule has 20 heavy (non-hydrogen) atoms. The van der Waals surface area contributed by atoms with Crippen molar-refractivity contribution in [3.05, 3.63) is 6.33 Å². The highest BCUT2D eigenvalue weighted by Gasteiger charge is 2.15. The van der Waals surface area contributed by atoms with E-state index in [9.17, 15) is 9.59 Å². The van der Waals surface area contributed by atoms with Gasteiger partial charge in [-0.2, -0.15) is 0 Å². The molecule has 0 saturated carbocycles. The van der Waals surface area contributed by atoms with E-state index in [1.165, 1.54) is 11.0 Å². The number of carboxylic acids is 1. The van der Waals surface area contributed by atoms with E-state index < -0.39 is 5.97 Å². The van der Waals surface area contributed by atoms with Gasteiger partial charge < -0.3 is 10.4 Å². The Hall–Kier alpha value is -1.99. The monoisotopic (exact) mass is 283 g/mol. The largest absolute Gasteiger partial charge is 0.481 e. The fraction of sp³-hybridized carbons (Fsp3) is 0.750. The van der Waals surface area contributed by atoms with Gasteiger partial charge in [-0.25, -0.2) is 4.68 Å². The molecule has 1 amide bonds. The topological polar surface area (TPSA) is 110 Å². The van der Waals surface area contributed by atoms with Crippen LogP contribution in [0.2, 0.25) is 0 Å². The van der Waals surface area contributed by atoms with Crippen molar-refractivity contribution in [2.75, 3.05) is 6.54 Å². The van der Waals surface area contributed by atoms with Gasteiger partial charge >= 0.3 is 5.97 Å². The van der Waals surface area contributed by atoms with Crippen LogP contribution in [0.3, 0.4) is 0 Å². The number of tetrazole rings is 1. The van der Waals surface area contributed by atoms with Gasteiger partial charge in [0.15, 0.2) is 0 Å². The van der Waals surface area contributed by atoms with E-state index in [0.717, 1.165) is 6.42 Å². The number of aliphatic carboxylic acids is 1. The van der Waals surface area contributed by atoms with Gasteiger partial charge in [-0.15, -0.1) is 5.10 Å². The van der Waals surface area contributed by atoms with Crippen molar-refractivity contribution >= 4 is 11.9 Å². The highest BCUT2D eigenvalue weighted by atomic mass is 16.4. The van der Waals surface area contributed by atoms with Crippen molar-refractivity contribution in [3.63, 3.8) is 0 Å². The van der Waals surface area contributed by atoms with Crippen LogP contribution in [0.1, 0.15) is 33.1 Å². The number of amides is 1. The Kier molecular flexibility index (Phi) is 6.61. The number of nitrogens with zero attached hydrogens (tertiary/aromatic N) is 4. The minimum absolute atomic E-state index is 0.0917. The van der Waals surface area contributed by atoms with Crippen molar-refractivity contribution in [3.8, 4) is 0 Å². The lowest BCUT2D eigenvalue weighted by Crippen LogP contribution is -2.30. The quantitative estimate of drug-likeness (QED) is 0.675. The maximum atomic E-state index is 11.6. The molecule has 1 heterocycles. The van der Waals surface area contributed by atoms with Crippen LogP contribution in [0.25, 0.3) is 0 Å². The number of hydrogen-bond acceptors (Lipinski definition) is 5. The van der Waals surface area contributed by atoms with Crippen LogP contribution >= 0.6 is 0 Å². The third kappa shape index (κ3) is 6.26. The molecule has 0 aliphatic heterocycles. The normalized spacial score (nSPS) is 12.3. The van der Waals surface area contributed by atoms with Gasteiger partial charge in [-0.1, -0.05) is 13.8 Å². The van der Waals surface area contributed by atoms with Crippen molar-refractivity contribution in [2.24, 2.45) is 11.8 Å². The van der Waals surface area contributed by atoms with Crippen LogP contribution in [0.4, 0.5) is 0 Å². The second-order valence-electron chi connectivity index (χ2n) is 5.08. The summed E-state index contributed by atoms with van der Waals surface area (Å²) in [5.74, 6) is -0.249. The Morgan fingerprint density at radius 1 is 1.35 bits per heavy atom. The molecule has 2 N–H and O–H groups in total. The van der Waals surface area contributed by atoms with Crippen molar-refractivity contribution in [2.45, 2.75) is 39.7 Å². The second kappa shape index (κ2) is 8.23. The molecule has 0 aliphatic carbocycles. The number of aromatic nitrogens is 4. The van der Waals surface area contributed by atoms with E-state index >= 15 is 0 Å². The van der Waals surface area contributed by atoms with Crippen LogP contribution in [0.15, 0.2) is 6.33 Å². The van der Waals surface area contributed by atoms with Gasteiger partial charge in [0.05, 0.1) is 0 Å². The SMILES string of the molecule is CC(C)C(CCNC(=O)Cn1cnnn1)CCC(=O)O. The molecule has 1 aromatic rings. The van der Waals surface area contributed by atoms with Crippen LogP contribution in [-0.4, -0.2) is 43.7 Å². The van der Waals surface area contributed by atoms with E-state index in [-0.39, 0.29) is 18.9 Å². The summed E-state index contributed by atoms with van der Waals surface area (Å²) in [6.45, 7) is 4.75. The Morgan fingerprint density at radius 2 is 2.10 bits per heavy atom. The first-order valence-corrected chi connectivity index (χ1v) is 6.68. The van der Waals surface area contributed by atoms with Crippen molar-refractivity contribution in [1.29, 1.82) is 0 Å². The summed E-state index contributed by atoms with van der Waals surface area (Å²) in [5.41, 5.74) is 0. The summed E-state index contributed by atoms with van der Waals surface area (Å²) in [6.07, 6.45) is 2.95. The average molecular weight is 283 g/mol. The molecule has 0 aliphatic rings. The van der Waals surface area contributed by atoms with Gasteiger partial charge in [-0.05, 0) is 35.1 Å². The van der Waals surface area contributed by atoms with E-state index in [1.54, 1.807) is 0 Å². The molecule has 0 fully saturated rings. The van der Waals surface area contributed by atoms with E-state index in [1.807, 2.05) is 0 Å². The lowest BCUT2D eigenvalue weighted by Gasteiger charge is -2.20. The summed E-state index contributed by atoms with van der Waals surface area (Å²) in [5, 5.41) is 22.0. The molecule has 8 nitrogen and oxygen atoms in total. The lowest BCUT2D eigenvalue weighted by molar-refractivity contribution is -0.137. The third-order valence-corrected chi connectivity index (χ3v) is 3.21. The van der Waals surface area contributed by atoms with Crippen LogP contribution in [-0.2, 0) is 16.1 Å². The predicted molar refractivity (Wildman–Crippen MR) is 70.6 cm³/mol. The van der Waals surface area contributed by atoms with Crippen LogP contribution in [0, 0.1) is 11.8 Å². The Balaban J connectivity index is 2.25. The molecule has 0 radical (unpaired) electrons. The minimum atomic E-state index is -0.779. The molecule has 1 unspecified atom stereocenters. The molecule has 112 valence electrons. The number of carbonyl (C=O) groups excluding carboxylic acids is 1. The number of rotatable bonds is 9. The molecule has 0 saturated heterocycles. The van der Waals surface area contributed by atoms with Gasteiger partial charge in [0.1, 0.15) is 12.9 Å². The van der Waals surface area contributed by atoms with Gasteiger partial charge in [0.2, 0.25) is 5.91 Å². The summed E-state index contributed by atoms with van der Waals surface area (Å²) in [6, 6.07) is 0. The first kappa shape index (κ1) is 16.1. The molecule has 0 aromatic carbocycles. The summed E-state index contributed by atoms with van der Waals surface area (Å²) < 4.78 is 1.35. The maximum Gasteiger partial charge on any atom is 0.303 e. The number of carboxylic acid groups (broad SMARTS) is 1. The molecule has 1 atom stereocenters. The molecular weight excluding hydrogens is 262 g/mol. The predicted octanol–water partition coefficient (Wildman–Crippen LogP) is 0.316. The van der Waals surface area contributed by atoms with E-state index in [0.29, 0.717) is 24.8 Å². The average Bonchev–Trinajstić information content (AvgIpc) is 2.85. The zero-order chi connectivity index (χ0) is 15.0. The van der Waals surface area contributed by atoms with E-state index in [4.69, 9.17) is 5.11 Å². The third-order valence-electron chi connectivity index (χ3n) is 3.21. The lowest BCUT2D eigenvalue weighted by atomic mass is 9.88. The first-order valence-electron chi connectivity index (χ1n) is 6.68. The summed E-state index contributed by atoms with van der Waals surface area (Å²) in [7, 11) is 0. The molecule has 1 rings (SSSR count). The number of hydrogen-bond donors (Lipinski definition) is 2. The Labute approximate surface area is 117 Å². The zero-order valence-corrected chi connectivity index (χ0v) is 11.8. The number of carbonyl (C=O) groups is 2. The Morgan fingerprint density at radius 3 is 2.65 bits per heavy atom. The molecule has 0 spiro atoms. The second-order valence-corrected chi connectivity index (χ2v) is 5.08. The van der Waals surface area contributed by atoms with Crippen molar-refractivity contribution < 1.29 is 14.7 Å². The smallest absolute Gasteiger partial charge is 0.303 e. The standard InChI is InChI=1S/C12H21N5O3/c1-9(2)10(3-4-12(19)20)5-6-13-11(18)7-17-8-14-15-16-17/h8-10H,3-7H2,1-2H3,(H,13,18)(H,19,20). The molecule has 1 aromatic heterocycles. The highest BCUT2D eigenvalue weighted by Crippen LogP contribution is 2.20. The van der Waals surface area contributed by atoms with Crippen molar-refractivity contribution in [1.82, 2.24) is 25.5 Å². The number of nitrogens with one attached hydrogen (secondary N) is 1. The summed E-state index contributed by atoms with van der Waals surface area (Å²) >= 11 is 0. The molecule has 0 bridgehead atoms. The first-order chi connectivity index (χ1) is 9.49. The van der Waals surface area contributed by atoms with Crippen LogP contribution < -0.4 is 5.32 Å². The maximum absolute atomic E-state index is 11.6. The van der Waals surface area contributed by atoms with Gasteiger partial charge in [0.25, 0.3) is 0 Å². The van der Waals surface area contributed by atoms with Gasteiger partial charge in [-0.3, -0.25) is 9.59 Å². The molecule has 8 heteroatoms. The summed E-state index contributed by atoms with van der Waals surface area (Å²) in [4.78, 5) is 22.2. The fourth-order valence-corrected chi connectivity index (χ4v) is 1.97. The van der Waals surface area contributed by atoms with Gasteiger partial charge in [0, 0.05) is 13.0 Å². The zero-order valence-electron chi connectivity index (χ0n) is 11.8. The molecular formula is C12H21N5O3.